The number of nitrogens with zero attached hydrogens (tertiary/aromatic N) is 3. The van der Waals surface area contributed by atoms with Gasteiger partial charge in [-0.25, -0.2) is 18.1 Å². The third-order valence-corrected chi connectivity index (χ3v) is 4.40. The molecule has 1 heterocycles. The van der Waals surface area contributed by atoms with E-state index in [4.69, 9.17) is 16.3 Å². The third kappa shape index (κ3) is 4.23. The van der Waals surface area contributed by atoms with Gasteiger partial charge >= 0.3 is 11.2 Å². The van der Waals surface area contributed by atoms with Crippen LogP contribution < -0.4 is 21.3 Å². The van der Waals surface area contributed by atoms with Crippen LogP contribution in [0.4, 0.5) is 14.5 Å². The molecule has 3 rings (SSSR count). The lowest BCUT2D eigenvalue weighted by molar-refractivity contribution is -0.114. The molecule has 0 aliphatic rings. The van der Waals surface area contributed by atoms with Crippen LogP contribution in [0.1, 0.15) is 12.5 Å². The summed E-state index contributed by atoms with van der Waals surface area (Å²) in [6.07, 6.45) is 0. The number of methoxy groups -OCH3 is 1. The van der Waals surface area contributed by atoms with E-state index in [1.165, 1.54) is 32.2 Å². The normalized spacial score (nSPS) is 10.7. The number of hydrogen-bond acceptors (Lipinski definition) is 5. The fraction of sp³-hybridized carbons (Fsp3) is 0.158. The maximum absolute atomic E-state index is 14.1. The van der Waals surface area contributed by atoms with Gasteiger partial charge in [-0.1, -0.05) is 17.7 Å². The molecule has 0 aliphatic carbocycles. The highest BCUT2D eigenvalue weighted by atomic mass is 35.5. The van der Waals surface area contributed by atoms with Gasteiger partial charge in [0.15, 0.2) is 0 Å². The van der Waals surface area contributed by atoms with Crippen molar-refractivity contribution in [2.45, 2.75) is 13.5 Å². The van der Waals surface area contributed by atoms with Crippen LogP contribution in [0.15, 0.2) is 46.0 Å². The molecule has 0 unspecified atom stereocenters. The fourth-order valence-electron chi connectivity index (χ4n) is 2.68. The second-order valence-corrected chi connectivity index (χ2v) is 6.58. The monoisotopic (exact) mass is 436 g/mol. The summed E-state index contributed by atoms with van der Waals surface area (Å²) in [7, 11) is 1.19. The zero-order valence-corrected chi connectivity index (χ0v) is 16.5. The first-order valence-electron chi connectivity index (χ1n) is 8.51. The Morgan fingerprint density at radius 1 is 1.20 bits per heavy atom. The molecule has 8 nitrogen and oxygen atoms in total. The summed E-state index contributed by atoms with van der Waals surface area (Å²) in [6, 6.07) is 7.04. The molecule has 30 heavy (non-hydrogen) atoms. The molecule has 2 aromatic carbocycles. The Morgan fingerprint density at radius 3 is 2.57 bits per heavy atom. The predicted molar refractivity (Wildman–Crippen MR) is 105 cm³/mol. The number of anilines is 1. The predicted octanol–water partition coefficient (Wildman–Crippen LogP) is 2.34. The average molecular weight is 437 g/mol. The van der Waals surface area contributed by atoms with Crippen molar-refractivity contribution in [3.8, 4) is 11.6 Å². The highest BCUT2D eigenvalue weighted by molar-refractivity contribution is 6.33. The van der Waals surface area contributed by atoms with Gasteiger partial charge < -0.3 is 10.1 Å². The van der Waals surface area contributed by atoms with E-state index in [0.29, 0.717) is 10.6 Å². The van der Waals surface area contributed by atoms with Gasteiger partial charge in [0.1, 0.15) is 11.6 Å². The molecule has 1 N–H and O–H groups in total. The van der Waals surface area contributed by atoms with Crippen LogP contribution in [0.3, 0.4) is 0 Å². The Kier molecular flexibility index (Phi) is 5.97. The second kappa shape index (κ2) is 8.46. The van der Waals surface area contributed by atoms with Crippen LogP contribution in [-0.4, -0.2) is 27.4 Å². The molecule has 3 aromatic rings. The molecule has 0 saturated carbocycles. The lowest BCUT2D eigenvalue weighted by atomic mass is 10.2. The number of nitrogens with one attached hydrogen (secondary N) is 1. The van der Waals surface area contributed by atoms with Gasteiger partial charge in [0.05, 0.1) is 30.1 Å². The van der Waals surface area contributed by atoms with E-state index in [1.807, 2.05) is 0 Å². The van der Waals surface area contributed by atoms with Crippen molar-refractivity contribution in [1.82, 2.24) is 14.3 Å². The van der Waals surface area contributed by atoms with Crippen molar-refractivity contribution in [1.29, 1.82) is 0 Å². The summed E-state index contributed by atoms with van der Waals surface area (Å²) in [5.74, 6) is -2.51. The maximum Gasteiger partial charge on any atom is 0.352 e. The summed E-state index contributed by atoms with van der Waals surface area (Å²) in [6.45, 7) is 0.808. The van der Waals surface area contributed by atoms with E-state index < -0.39 is 35.3 Å². The van der Waals surface area contributed by atoms with Crippen LogP contribution in [0.5, 0.6) is 5.88 Å². The van der Waals surface area contributed by atoms with Gasteiger partial charge in [-0.05, 0) is 24.3 Å². The van der Waals surface area contributed by atoms with Crippen molar-refractivity contribution in [3.63, 3.8) is 0 Å². The van der Waals surface area contributed by atoms with Crippen molar-refractivity contribution in [2.24, 2.45) is 0 Å². The van der Waals surface area contributed by atoms with Crippen LogP contribution in [0.2, 0.25) is 5.02 Å². The van der Waals surface area contributed by atoms with E-state index in [2.05, 4.69) is 10.4 Å². The van der Waals surface area contributed by atoms with Gasteiger partial charge in [-0.15, -0.1) is 5.10 Å². The highest BCUT2D eigenvalue weighted by Gasteiger charge is 2.18. The first kappa shape index (κ1) is 21.2. The molecule has 0 atom stereocenters. The Bertz CT molecular complexity index is 1260. The molecular formula is C19H15ClF2N4O4. The van der Waals surface area contributed by atoms with E-state index in [1.54, 1.807) is 0 Å². The summed E-state index contributed by atoms with van der Waals surface area (Å²) in [5.41, 5.74) is -1.49. The number of benzene rings is 2. The highest BCUT2D eigenvalue weighted by Crippen LogP contribution is 2.24. The number of rotatable bonds is 5. The largest absolute Gasteiger partial charge is 0.476 e. The van der Waals surface area contributed by atoms with E-state index in [0.717, 1.165) is 16.8 Å². The molecular weight excluding hydrogens is 422 g/mol. The topological polar surface area (TPSA) is 95.2 Å². The minimum atomic E-state index is -0.914. The third-order valence-electron chi connectivity index (χ3n) is 4.07. The minimum absolute atomic E-state index is 0.0783. The van der Waals surface area contributed by atoms with Crippen LogP contribution in [0, 0.1) is 11.6 Å². The van der Waals surface area contributed by atoms with Crippen LogP contribution in [-0.2, 0) is 11.3 Å². The van der Waals surface area contributed by atoms with Crippen LogP contribution >= 0.6 is 11.6 Å². The standard InChI is InChI=1S/C19H15ClF2N4O4/c1-10(27)23-16-8-13(5-6-14(16)20)26-19(29)25(18(28)17(24-26)30-2)9-11-3-4-12(21)7-15(11)22/h3-8H,9H2,1-2H3,(H,23,27). The number of carbonyl (C=O) groups is 1. The number of amides is 1. The van der Waals surface area contributed by atoms with Crippen molar-refractivity contribution in [2.75, 3.05) is 12.4 Å². The van der Waals surface area contributed by atoms with Gasteiger partial charge in [-0.2, -0.15) is 4.68 Å². The van der Waals surface area contributed by atoms with Gasteiger partial charge in [0, 0.05) is 18.6 Å². The quantitative estimate of drug-likeness (QED) is 0.662. The number of ether oxygens (including phenoxy) is 1. The second-order valence-electron chi connectivity index (χ2n) is 6.18. The van der Waals surface area contributed by atoms with Crippen molar-refractivity contribution < 1.29 is 18.3 Å². The summed E-state index contributed by atoms with van der Waals surface area (Å²) < 4.78 is 33.7. The minimum Gasteiger partial charge on any atom is -0.476 e. The average Bonchev–Trinajstić information content (AvgIpc) is 2.68. The molecule has 0 bridgehead atoms. The Balaban J connectivity index is 2.18. The lowest BCUT2D eigenvalue weighted by Crippen LogP contribution is -2.41. The summed E-state index contributed by atoms with van der Waals surface area (Å²) in [5, 5.41) is 6.62. The number of halogens is 3. The summed E-state index contributed by atoms with van der Waals surface area (Å²) >= 11 is 6.05. The number of hydrogen-bond donors (Lipinski definition) is 1. The Hall–Kier alpha value is -3.53. The fourth-order valence-corrected chi connectivity index (χ4v) is 2.84. The number of aromatic nitrogens is 3. The molecule has 0 spiro atoms. The van der Waals surface area contributed by atoms with Crippen molar-refractivity contribution in [3.05, 3.63) is 79.5 Å². The van der Waals surface area contributed by atoms with E-state index in [9.17, 15) is 23.2 Å². The Morgan fingerprint density at radius 2 is 1.93 bits per heavy atom. The first-order chi connectivity index (χ1) is 14.2. The maximum atomic E-state index is 14.1. The van der Waals surface area contributed by atoms with Gasteiger partial charge in [0.2, 0.25) is 5.91 Å². The van der Waals surface area contributed by atoms with Gasteiger partial charge in [-0.3, -0.25) is 9.59 Å². The van der Waals surface area contributed by atoms with E-state index >= 15 is 0 Å². The first-order valence-corrected chi connectivity index (χ1v) is 8.88. The zero-order valence-electron chi connectivity index (χ0n) is 15.8. The molecule has 0 saturated heterocycles. The smallest absolute Gasteiger partial charge is 0.352 e. The molecule has 1 amide bonds. The van der Waals surface area contributed by atoms with Crippen LogP contribution in [0.25, 0.3) is 5.69 Å². The molecule has 11 heteroatoms. The van der Waals surface area contributed by atoms with Gasteiger partial charge in [0.25, 0.3) is 5.88 Å². The Labute approximate surface area is 173 Å². The molecule has 156 valence electrons. The SMILES string of the molecule is COc1nn(-c2ccc(Cl)c(NC(C)=O)c2)c(=O)n(Cc2ccc(F)cc2F)c1=O. The number of carbonyl (C=O) groups excluding carboxylic acids is 1. The molecule has 1 aromatic heterocycles. The zero-order chi connectivity index (χ0) is 22.0. The molecule has 0 aliphatic heterocycles. The lowest BCUT2D eigenvalue weighted by Gasteiger charge is -2.13. The summed E-state index contributed by atoms with van der Waals surface area (Å²) in [4.78, 5) is 36.8. The molecule has 0 fully saturated rings. The molecule has 0 radical (unpaired) electrons. The van der Waals surface area contributed by atoms with E-state index in [-0.39, 0.29) is 27.9 Å². The van der Waals surface area contributed by atoms with Crippen molar-refractivity contribution >= 4 is 23.2 Å².